The molecule has 2 aliphatic rings. The highest BCUT2D eigenvalue weighted by Gasteiger charge is 2.38. The van der Waals surface area contributed by atoms with Crippen molar-refractivity contribution in [2.45, 2.75) is 38.0 Å². The van der Waals surface area contributed by atoms with Crippen LogP contribution in [0.5, 0.6) is 0 Å². The minimum Gasteiger partial charge on any atom is -0.335 e. The van der Waals surface area contributed by atoms with Crippen molar-refractivity contribution in [3.63, 3.8) is 0 Å². The third kappa shape index (κ3) is 4.22. The molecule has 182 valence electrons. The number of anilines is 1. The summed E-state index contributed by atoms with van der Waals surface area (Å²) >= 11 is 6.22. The molecule has 1 aromatic heterocycles. The minimum atomic E-state index is -4.85. The van der Waals surface area contributed by atoms with Crippen molar-refractivity contribution in [1.82, 2.24) is 20.1 Å². The number of aromatic nitrogens is 3. The number of benzene rings is 2. The number of nitrogens with zero attached hydrogens (tertiary/aromatic N) is 4. The number of fused-ring (bicyclic) bond motifs is 3. The van der Waals surface area contributed by atoms with Crippen molar-refractivity contribution in [2.75, 3.05) is 5.32 Å². The Bertz CT molecular complexity index is 1360. The Morgan fingerprint density at radius 3 is 2.43 bits per heavy atom. The summed E-state index contributed by atoms with van der Waals surface area (Å²) in [5.74, 6) is -2.05. The Morgan fingerprint density at radius 1 is 1.11 bits per heavy atom. The predicted molar refractivity (Wildman–Crippen MR) is 117 cm³/mol. The third-order valence-corrected chi connectivity index (χ3v) is 5.95. The molecule has 3 aromatic rings. The number of rotatable bonds is 3. The van der Waals surface area contributed by atoms with E-state index in [1.807, 2.05) is 0 Å². The highest BCUT2D eigenvalue weighted by Crippen LogP contribution is 2.42. The van der Waals surface area contributed by atoms with Gasteiger partial charge in [-0.25, -0.2) is 18.3 Å². The molecule has 0 bridgehead atoms. The summed E-state index contributed by atoms with van der Waals surface area (Å²) in [6.07, 6.45) is -3.13. The van der Waals surface area contributed by atoms with Crippen LogP contribution in [-0.4, -0.2) is 32.5 Å². The Morgan fingerprint density at radius 2 is 1.80 bits per heavy atom. The van der Waals surface area contributed by atoms with Gasteiger partial charge in [0, 0.05) is 11.6 Å². The molecule has 2 heterocycles. The Labute approximate surface area is 200 Å². The Balaban J connectivity index is 1.71. The van der Waals surface area contributed by atoms with E-state index in [4.69, 9.17) is 11.6 Å². The van der Waals surface area contributed by atoms with Crippen molar-refractivity contribution >= 4 is 29.3 Å². The van der Waals surface area contributed by atoms with E-state index in [1.54, 1.807) is 0 Å². The molecular weight excluding hydrogens is 495 g/mol. The van der Waals surface area contributed by atoms with E-state index in [2.05, 4.69) is 25.7 Å². The number of aliphatic imine (C=N–C) groups is 1. The van der Waals surface area contributed by atoms with E-state index in [1.165, 1.54) is 6.92 Å². The molecule has 1 fully saturated rings. The highest BCUT2D eigenvalue weighted by molar-refractivity contribution is 6.37. The van der Waals surface area contributed by atoms with Crippen LogP contribution in [0.1, 0.15) is 48.3 Å². The van der Waals surface area contributed by atoms with Crippen LogP contribution < -0.4 is 10.6 Å². The molecule has 0 spiro atoms. The van der Waals surface area contributed by atoms with E-state index in [0.717, 1.165) is 47.9 Å². The van der Waals surface area contributed by atoms with Gasteiger partial charge in [0.1, 0.15) is 17.7 Å². The second-order valence-corrected chi connectivity index (χ2v) is 8.53. The second-order valence-electron chi connectivity index (χ2n) is 8.15. The predicted octanol–water partition coefficient (Wildman–Crippen LogP) is 5.41. The van der Waals surface area contributed by atoms with Gasteiger partial charge < -0.3 is 5.32 Å². The first kappa shape index (κ1) is 23.2. The van der Waals surface area contributed by atoms with Gasteiger partial charge in [-0.1, -0.05) is 17.7 Å². The van der Waals surface area contributed by atoms with Crippen LogP contribution in [0.15, 0.2) is 35.3 Å². The normalized spacial score (nSPS) is 17.2. The van der Waals surface area contributed by atoms with Crippen LogP contribution in [0.25, 0.3) is 5.69 Å². The smallest absolute Gasteiger partial charge is 0.335 e. The van der Waals surface area contributed by atoms with Crippen LogP contribution in [0.4, 0.5) is 32.7 Å². The van der Waals surface area contributed by atoms with E-state index in [-0.39, 0.29) is 29.1 Å². The van der Waals surface area contributed by atoms with Gasteiger partial charge >= 0.3 is 12.2 Å². The number of alkyl halides is 3. The van der Waals surface area contributed by atoms with Gasteiger partial charge in [-0.3, -0.25) is 10.3 Å². The number of carbonyl (C=O) groups excluding carboxylic acids is 1. The average molecular weight is 511 g/mol. The van der Waals surface area contributed by atoms with Crippen molar-refractivity contribution < 1.29 is 26.7 Å². The number of hydrogen-bond donors (Lipinski definition) is 2. The van der Waals surface area contributed by atoms with Crippen molar-refractivity contribution in [1.29, 1.82) is 0 Å². The van der Waals surface area contributed by atoms with Crippen LogP contribution in [-0.2, 0) is 6.18 Å². The van der Waals surface area contributed by atoms with Crippen LogP contribution in [0, 0.1) is 11.6 Å². The van der Waals surface area contributed by atoms with Crippen LogP contribution in [0.3, 0.4) is 0 Å². The van der Waals surface area contributed by atoms with E-state index in [0.29, 0.717) is 0 Å². The molecule has 1 aliphatic heterocycles. The van der Waals surface area contributed by atoms with E-state index < -0.39 is 51.7 Å². The fourth-order valence-corrected chi connectivity index (χ4v) is 4.15. The molecular formula is C22H16ClF5N6O. The largest absolute Gasteiger partial charge is 0.417 e. The maximum atomic E-state index is 14.7. The van der Waals surface area contributed by atoms with Crippen molar-refractivity contribution in [3.8, 4) is 5.69 Å². The quantitative estimate of drug-likeness (QED) is 0.462. The number of hydrogen-bond acceptors (Lipinski definition) is 4. The second kappa shape index (κ2) is 8.29. The number of halogens is 6. The van der Waals surface area contributed by atoms with Gasteiger partial charge in [0.2, 0.25) is 0 Å². The molecule has 0 radical (unpaired) electrons. The number of carbonyl (C=O) groups is 1. The van der Waals surface area contributed by atoms with Gasteiger partial charge in [0.25, 0.3) is 5.95 Å². The SMILES string of the molecule is C[C@@H]1N=C(c2c(F)cccc2F)c2c(ccc(C(F)(F)F)c2Cl)-n2nc(NC(=O)NC3CC3)nc21. The summed E-state index contributed by atoms with van der Waals surface area (Å²) in [7, 11) is 0. The first-order valence-electron chi connectivity index (χ1n) is 10.5. The van der Waals surface area contributed by atoms with Crippen molar-refractivity contribution in [3.05, 3.63) is 69.5 Å². The lowest BCUT2D eigenvalue weighted by atomic mass is 9.97. The van der Waals surface area contributed by atoms with Crippen molar-refractivity contribution in [2.24, 2.45) is 4.99 Å². The highest BCUT2D eigenvalue weighted by atomic mass is 35.5. The van der Waals surface area contributed by atoms with Gasteiger partial charge in [-0.2, -0.15) is 18.2 Å². The third-order valence-electron chi connectivity index (χ3n) is 5.56. The monoisotopic (exact) mass is 510 g/mol. The lowest BCUT2D eigenvalue weighted by Crippen LogP contribution is -2.30. The molecule has 1 atom stereocenters. The Hall–Kier alpha value is -3.54. The molecule has 0 unspecified atom stereocenters. The number of nitrogens with one attached hydrogen (secondary N) is 2. The lowest BCUT2D eigenvalue weighted by molar-refractivity contribution is -0.137. The van der Waals surface area contributed by atoms with Gasteiger partial charge in [-0.15, -0.1) is 5.10 Å². The summed E-state index contributed by atoms with van der Waals surface area (Å²) in [6.45, 7) is 1.53. The van der Waals surface area contributed by atoms with Crippen LogP contribution >= 0.6 is 11.6 Å². The number of urea groups is 1. The first-order valence-corrected chi connectivity index (χ1v) is 10.9. The minimum absolute atomic E-state index is 0.0353. The molecule has 13 heteroatoms. The lowest BCUT2D eigenvalue weighted by Gasteiger charge is -2.17. The zero-order valence-corrected chi connectivity index (χ0v) is 18.7. The standard InChI is InChI=1S/C22H16ClF5N6O/c1-9-19-31-20(32-21(35)30-10-5-6-10)33-34(19)14-8-7-11(22(26,27)28)17(23)16(14)18(29-9)15-12(24)3-2-4-13(15)25/h2-4,7-10H,5-6H2,1H3,(H2,30,32,33,35)/t9-/m0/s1. The number of amides is 2. The summed E-state index contributed by atoms with van der Waals surface area (Å²) in [6, 6.07) is 3.48. The molecule has 2 N–H and O–H groups in total. The topological polar surface area (TPSA) is 84.2 Å². The zero-order valence-electron chi connectivity index (χ0n) is 17.9. The molecule has 1 aliphatic carbocycles. The summed E-state index contributed by atoms with van der Waals surface area (Å²) < 4.78 is 71.7. The maximum Gasteiger partial charge on any atom is 0.417 e. The van der Waals surface area contributed by atoms with Gasteiger partial charge in [-0.05, 0) is 44.0 Å². The molecule has 35 heavy (non-hydrogen) atoms. The maximum absolute atomic E-state index is 14.7. The van der Waals surface area contributed by atoms with E-state index >= 15 is 0 Å². The molecule has 1 saturated carbocycles. The first-order chi connectivity index (χ1) is 16.5. The molecule has 0 saturated heterocycles. The van der Waals surface area contributed by atoms with Crippen LogP contribution in [0.2, 0.25) is 5.02 Å². The Kier molecular flexibility index (Phi) is 5.50. The molecule has 5 rings (SSSR count). The van der Waals surface area contributed by atoms with E-state index in [9.17, 15) is 26.7 Å². The van der Waals surface area contributed by atoms with Gasteiger partial charge in [0.15, 0.2) is 5.82 Å². The summed E-state index contributed by atoms with van der Waals surface area (Å²) in [5.41, 5.74) is -2.65. The molecule has 2 aromatic carbocycles. The fourth-order valence-electron chi connectivity index (χ4n) is 3.79. The zero-order chi connectivity index (χ0) is 25.1. The van der Waals surface area contributed by atoms with Gasteiger partial charge in [0.05, 0.1) is 27.5 Å². The molecule has 2 amide bonds. The fraction of sp³-hybridized carbons (Fsp3) is 0.273. The summed E-state index contributed by atoms with van der Waals surface area (Å²) in [5, 5.41) is 8.59. The molecule has 7 nitrogen and oxygen atoms in total. The summed E-state index contributed by atoms with van der Waals surface area (Å²) in [4.78, 5) is 20.7. The average Bonchev–Trinajstić information content (AvgIpc) is 3.49.